The van der Waals surface area contributed by atoms with Gasteiger partial charge in [-0.1, -0.05) is 34.8 Å². The van der Waals surface area contributed by atoms with Crippen molar-refractivity contribution in [2.45, 2.75) is 49.0 Å². The van der Waals surface area contributed by atoms with Crippen LogP contribution in [0.25, 0.3) is 0 Å². The summed E-state index contributed by atoms with van der Waals surface area (Å²) >= 11 is 18.1. The Kier molecular flexibility index (Phi) is 6.91. The van der Waals surface area contributed by atoms with E-state index in [2.05, 4.69) is 10.0 Å². The number of amides is 1. The summed E-state index contributed by atoms with van der Waals surface area (Å²) in [6.07, 6.45) is 6.72. The monoisotopic (exact) mass is 570 g/mol. The lowest BCUT2D eigenvalue weighted by Gasteiger charge is -2.56. The van der Waals surface area contributed by atoms with Gasteiger partial charge >= 0.3 is 5.97 Å². The molecule has 0 spiro atoms. The van der Waals surface area contributed by atoms with Gasteiger partial charge in [-0.25, -0.2) is 13.2 Å². The molecule has 0 heterocycles. The Morgan fingerprint density at radius 2 is 1.53 bits per heavy atom. The van der Waals surface area contributed by atoms with Crippen LogP contribution in [-0.4, -0.2) is 32.4 Å². The Balaban J connectivity index is 1.24. The van der Waals surface area contributed by atoms with Crippen LogP contribution in [-0.2, 0) is 19.6 Å². The molecule has 36 heavy (non-hydrogen) atoms. The van der Waals surface area contributed by atoms with Crippen molar-refractivity contribution in [3.8, 4) is 0 Å². The maximum absolute atomic E-state index is 13.0. The average molecular weight is 572 g/mol. The standard InChI is InChI=1S/C25H25Cl3N2O5S/c26-18-2-4-19(27)21(9-18)30-36(33,34)22-8-17(1-3-20(22)28)24(32)35-13-23(31)29-25-10-14-5-15(11-25)7-16(6-14)12-25/h1-4,8-9,14-16,30H,5-7,10-13H2,(H,29,31). The largest absolute Gasteiger partial charge is 0.452 e. The second-order valence-electron chi connectivity index (χ2n) is 10.2. The summed E-state index contributed by atoms with van der Waals surface area (Å²) in [5, 5.41) is 3.47. The Hall–Kier alpha value is -2.00. The second kappa shape index (κ2) is 9.71. The number of sulfonamides is 1. The predicted molar refractivity (Wildman–Crippen MR) is 138 cm³/mol. The summed E-state index contributed by atoms with van der Waals surface area (Å²) in [5.41, 5.74) is -0.179. The van der Waals surface area contributed by atoms with E-state index in [1.54, 1.807) is 0 Å². The predicted octanol–water partition coefficient (Wildman–Crippen LogP) is 5.69. The van der Waals surface area contributed by atoms with E-state index in [0.29, 0.717) is 17.8 Å². The molecule has 4 saturated carbocycles. The number of halogens is 3. The molecular weight excluding hydrogens is 547 g/mol. The molecule has 2 aromatic rings. The topological polar surface area (TPSA) is 102 Å². The smallest absolute Gasteiger partial charge is 0.338 e. The highest BCUT2D eigenvalue weighted by Crippen LogP contribution is 2.55. The Labute approximate surface area is 224 Å². The Bertz CT molecular complexity index is 1300. The van der Waals surface area contributed by atoms with E-state index in [-0.39, 0.29) is 42.7 Å². The molecule has 0 aromatic heterocycles. The number of hydrogen-bond donors (Lipinski definition) is 2. The molecule has 0 saturated heterocycles. The van der Waals surface area contributed by atoms with Crippen LogP contribution in [0.2, 0.25) is 15.1 Å². The molecular formula is C25H25Cl3N2O5S. The van der Waals surface area contributed by atoms with Crippen molar-refractivity contribution < 1.29 is 22.7 Å². The van der Waals surface area contributed by atoms with Crippen molar-refractivity contribution in [2.75, 3.05) is 11.3 Å². The first-order chi connectivity index (χ1) is 17.0. The van der Waals surface area contributed by atoms with Crippen LogP contribution in [0.5, 0.6) is 0 Å². The molecule has 0 unspecified atom stereocenters. The molecule has 0 radical (unpaired) electrons. The Morgan fingerprint density at radius 3 is 2.17 bits per heavy atom. The zero-order chi connectivity index (χ0) is 25.7. The number of rotatable bonds is 7. The van der Waals surface area contributed by atoms with Crippen molar-refractivity contribution >= 4 is 62.4 Å². The second-order valence-corrected chi connectivity index (χ2v) is 13.1. The van der Waals surface area contributed by atoms with Crippen LogP contribution in [0.1, 0.15) is 48.9 Å². The summed E-state index contributed by atoms with van der Waals surface area (Å²) in [4.78, 5) is 25.0. The van der Waals surface area contributed by atoms with Crippen molar-refractivity contribution in [3.05, 3.63) is 57.0 Å². The van der Waals surface area contributed by atoms with E-state index in [4.69, 9.17) is 39.5 Å². The van der Waals surface area contributed by atoms with E-state index in [1.807, 2.05) is 0 Å². The van der Waals surface area contributed by atoms with Crippen molar-refractivity contribution in [1.29, 1.82) is 0 Å². The maximum atomic E-state index is 13.0. The third-order valence-corrected chi connectivity index (χ3v) is 9.82. The molecule has 2 N–H and O–H groups in total. The van der Waals surface area contributed by atoms with Crippen molar-refractivity contribution in [3.63, 3.8) is 0 Å². The van der Waals surface area contributed by atoms with Crippen LogP contribution in [0.4, 0.5) is 5.69 Å². The third kappa shape index (κ3) is 5.32. The van der Waals surface area contributed by atoms with Gasteiger partial charge < -0.3 is 10.1 Å². The molecule has 0 atom stereocenters. The highest BCUT2D eigenvalue weighted by atomic mass is 35.5. The summed E-state index contributed by atoms with van der Waals surface area (Å²) < 4.78 is 33.5. The average Bonchev–Trinajstić information content (AvgIpc) is 2.78. The fourth-order valence-corrected chi connectivity index (χ4v) is 8.41. The number of nitrogens with one attached hydrogen (secondary N) is 2. The number of esters is 1. The molecule has 2 aromatic carbocycles. The van der Waals surface area contributed by atoms with Gasteiger partial charge in [0, 0.05) is 10.6 Å². The zero-order valence-electron chi connectivity index (χ0n) is 19.2. The van der Waals surface area contributed by atoms with E-state index in [9.17, 15) is 18.0 Å². The van der Waals surface area contributed by atoms with Gasteiger partial charge in [0.2, 0.25) is 0 Å². The molecule has 11 heteroatoms. The number of carbonyl (C=O) groups is 2. The third-order valence-electron chi connectivity index (χ3n) is 7.41. The lowest BCUT2D eigenvalue weighted by Crippen LogP contribution is -2.60. The first kappa shape index (κ1) is 25.6. The number of hydrogen-bond acceptors (Lipinski definition) is 5. The van der Waals surface area contributed by atoms with E-state index in [0.717, 1.165) is 25.3 Å². The fraction of sp³-hybridized carbons (Fsp3) is 0.440. The minimum Gasteiger partial charge on any atom is -0.452 e. The molecule has 1 amide bonds. The highest BCUT2D eigenvalue weighted by Gasteiger charge is 2.51. The van der Waals surface area contributed by atoms with Gasteiger partial charge in [-0.05, 0) is 92.7 Å². The van der Waals surface area contributed by atoms with Gasteiger partial charge in [0.25, 0.3) is 15.9 Å². The van der Waals surface area contributed by atoms with Crippen molar-refractivity contribution in [2.24, 2.45) is 17.8 Å². The highest BCUT2D eigenvalue weighted by molar-refractivity contribution is 7.92. The maximum Gasteiger partial charge on any atom is 0.338 e. The quantitative estimate of drug-likeness (QED) is 0.416. The zero-order valence-corrected chi connectivity index (χ0v) is 22.3. The lowest BCUT2D eigenvalue weighted by atomic mass is 9.53. The molecule has 4 bridgehead atoms. The van der Waals surface area contributed by atoms with Gasteiger partial charge in [-0.2, -0.15) is 0 Å². The van der Waals surface area contributed by atoms with E-state index < -0.39 is 22.6 Å². The van der Waals surface area contributed by atoms with Crippen LogP contribution in [0.3, 0.4) is 0 Å². The number of carbonyl (C=O) groups excluding carboxylic acids is 2. The molecule has 6 rings (SSSR count). The Morgan fingerprint density at radius 1 is 0.917 bits per heavy atom. The SMILES string of the molecule is O=C(COC(=O)c1ccc(Cl)c(S(=O)(=O)Nc2cc(Cl)ccc2Cl)c1)NC12CC3CC(CC(C3)C1)C2. The van der Waals surface area contributed by atoms with Gasteiger partial charge in [0.1, 0.15) is 4.90 Å². The minimum absolute atomic E-state index is 0.0560. The minimum atomic E-state index is -4.21. The summed E-state index contributed by atoms with van der Waals surface area (Å²) in [6, 6.07) is 8.05. The molecule has 4 fully saturated rings. The van der Waals surface area contributed by atoms with Crippen molar-refractivity contribution in [1.82, 2.24) is 5.32 Å². The summed E-state index contributed by atoms with van der Waals surface area (Å²) in [6.45, 7) is -0.443. The molecule has 192 valence electrons. The van der Waals surface area contributed by atoms with Crippen LogP contribution in [0.15, 0.2) is 41.3 Å². The molecule has 7 nitrogen and oxygen atoms in total. The molecule has 4 aliphatic rings. The summed E-state index contributed by atoms with van der Waals surface area (Å²) in [7, 11) is -4.21. The number of benzene rings is 2. The van der Waals surface area contributed by atoms with Crippen LogP contribution in [0, 0.1) is 17.8 Å². The van der Waals surface area contributed by atoms with Crippen LogP contribution < -0.4 is 10.0 Å². The molecule has 0 aliphatic heterocycles. The summed E-state index contributed by atoms with van der Waals surface area (Å²) in [5.74, 6) is 0.839. The normalized spacial score (nSPS) is 26.5. The van der Waals surface area contributed by atoms with Gasteiger partial charge in [0.05, 0.1) is 21.3 Å². The van der Waals surface area contributed by atoms with E-state index >= 15 is 0 Å². The van der Waals surface area contributed by atoms with Gasteiger partial charge in [-0.15, -0.1) is 0 Å². The molecule has 4 aliphatic carbocycles. The number of ether oxygens (including phenoxy) is 1. The first-order valence-corrected chi connectivity index (χ1v) is 14.4. The van der Waals surface area contributed by atoms with Gasteiger partial charge in [0.15, 0.2) is 6.61 Å². The van der Waals surface area contributed by atoms with Crippen LogP contribution >= 0.6 is 34.8 Å². The van der Waals surface area contributed by atoms with Gasteiger partial charge in [-0.3, -0.25) is 9.52 Å². The lowest BCUT2D eigenvalue weighted by molar-refractivity contribution is -0.130. The fourth-order valence-electron chi connectivity index (χ4n) is 6.42. The van der Waals surface area contributed by atoms with E-state index in [1.165, 1.54) is 49.6 Å². The first-order valence-electron chi connectivity index (χ1n) is 11.8. The number of anilines is 1.